The van der Waals surface area contributed by atoms with E-state index in [1.807, 2.05) is 6.07 Å². The van der Waals surface area contributed by atoms with Crippen molar-refractivity contribution in [3.05, 3.63) is 64.7 Å². The third-order valence-electron chi connectivity index (χ3n) is 4.38. The van der Waals surface area contributed by atoms with Crippen molar-refractivity contribution in [1.82, 2.24) is 25.1 Å². The number of hydrogen-bond acceptors (Lipinski definition) is 4. The Morgan fingerprint density at radius 3 is 2.81 bits per heavy atom. The van der Waals surface area contributed by atoms with Crippen molar-refractivity contribution in [2.75, 3.05) is 6.54 Å². The average molecular weight is 355 g/mol. The summed E-state index contributed by atoms with van der Waals surface area (Å²) in [4.78, 5) is 23.1. The van der Waals surface area contributed by atoms with Gasteiger partial charge in [0.15, 0.2) is 0 Å². The van der Waals surface area contributed by atoms with Gasteiger partial charge in [-0.3, -0.25) is 9.89 Å². The molecule has 0 unspecified atom stereocenters. The van der Waals surface area contributed by atoms with Gasteiger partial charge >= 0.3 is 0 Å². The second kappa shape index (κ2) is 6.29. The first-order valence-corrected chi connectivity index (χ1v) is 8.13. The third kappa shape index (κ3) is 2.83. The summed E-state index contributed by atoms with van der Waals surface area (Å²) in [5, 5.41) is 6.85. The molecule has 3 heterocycles. The van der Waals surface area contributed by atoms with Crippen LogP contribution in [0.1, 0.15) is 27.4 Å². The summed E-state index contributed by atoms with van der Waals surface area (Å²) in [6.45, 7) is 2.42. The summed E-state index contributed by atoms with van der Waals surface area (Å²) in [5.41, 5.74) is 3.09. The zero-order valence-corrected chi connectivity index (χ0v) is 14.0. The molecule has 8 heteroatoms. The maximum atomic E-state index is 13.9. The molecular weight excluding hydrogens is 340 g/mol. The highest BCUT2D eigenvalue weighted by molar-refractivity contribution is 5.94. The number of benzene rings is 1. The summed E-state index contributed by atoms with van der Waals surface area (Å²) in [6.07, 6.45) is 2.19. The molecule has 0 fully saturated rings. The van der Waals surface area contributed by atoms with Crippen LogP contribution in [-0.2, 0) is 13.0 Å². The lowest BCUT2D eigenvalue weighted by Gasteiger charge is -2.29. The maximum absolute atomic E-state index is 13.9. The number of nitrogens with zero attached hydrogens (tertiary/aromatic N) is 4. The van der Waals surface area contributed by atoms with Crippen molar-refractivity contribution in [3.63, 3.8) is 0 Å². The van der Waals surface area contributed by atoms with E-state index >= 15 is 0 Å². The number of aromatic nitrogens is 4. The van der Waals surface area contributed by atoms with E-state index in [0.717, 1.165) is 28.7 Å². The monoisotopic (exact) mass is 355 g/mol. The van der Waals surface area contributed by atoms with E-state index < -0.39 is 17.5 Å². The molecular formula is C18H15F2N5O. The first kappa shape index (κ1) is 16.3. The van der Waals surface area contributed by atoms with E-state index in [0.29, 0.717) is 24.9 Å². The first-order chi connectivity index (χ1) is 12.5. The molecule has 3 aromatic rings. The molecule has 1 N–H and O–H groups in total. The lowest BCUT2D eigenvalue weighted by Crippen LogP contribution is -2.37. The van der Waals surface area contributed by atoms with E-state index in [4.69, 9.17) is 0 Å². The van der Waals surface area contributed by atoms with Gasteiger partial charge in [-0.25, -0.2) is 18.7 Å². The fourth-order valence-corrected chi connectivity index (χ4v) is 3.17. The van der Waals surface area contributed by atoms with Gasteiger partial charge in [-0.2, -0.15) is 5.10 Å². The van der Waals surface area contributed by atoms with E-state index in [-0.39, 0.29) is 12.1 Å². The van der Waals surface area contributed by atoms with Crippen LogP contribution >= 0.6 is 0 Å². The maximum Gasteiger partial charge on any atom is 0.257 e. The second-order valence-corrected chi connectivity index (χ2v) is 6.12. The topological polar surface area (TPSA) is 74.8 Å². The molecule has 1 aromatic carbocycles. The number of aromatic amines is 1. The molecule has 26 heavy (non-hydrogen) atoms. The number of rotatable bonds is 2. The largest absolute Gasteiger partial charge is 0.332 e. The number of carbonyl (C=O) groups is 1. The minimum Gasteiger partial charge on any atom is -0.332 e. The Bertz CT molecular complexity index is 987. The average Bonchev–Trinajstić information content (AvgIpc) is 3.14. The summed E-state index contributed by atoms with van der Waals surface area (Å²) in [6, 6.07) is 4.79. The number of carbonyl (C=O) groups excluding carboxylic acids is 1. The van der Waals surface area contributed by atoms with Crippen LogP contribution in [0.25, 0.3) is 11.4 Å². The van der Waals surface area contributed by atoms with Crippen LogP contribution in [0.3, 0.4) is 0 Å². The molecule has 1 amide bonds. The fraction of sp³-hybridized carbons (Fsp3) is 0.222. The van der Waals surface area contributed by atoms with Crippen molar-refractivity contribution in [1.29, 1.82) is 0 Å². The van der Waals surface area contributed by atoms with Gasteiger partial charge in [0, 0.05) is 24.4 Å². The third-order valence-corrected chi connectivity index (χ3v) is 4.38. The number of fused-ring (bicyclic) bond motifs is 1. The van der Waals surface area contributed by atoms with E-state index in [1.54, 1.807) is 13.1 Å². The van der Waals surface area contributed by atoms with Crippen molar-refractivity contribution >= 4 is 5.91 Å². The van der Waals surface area contributed by atoms with Crippen LogP contribution in [0.4, 0.5) is 8.78 Å². The van der Waals surface area contributed by atoms with Gasteiger partial charge < -0.3 is 4.90 Å². The molecule has 0 atom stereocenters. The molecule has 1 aliphatic rings. The summed E-state index contributed by atoms with van der Waals surface area (Å²) < 4.78 is 27.0. The predicted octanol–water partition coefficient (Wildman–Crippen LogP) is 2.65. The van der Waals surface area contributed by atoms with Crippen molar-refractivity contribution in [2.24, 2.45) is 0 Å². The minimum absolute atomic E-state index is 0.144. The normalized spacial score (nSPS) is 13.6. The number of halogens is 2. The van der Waals surface area contributed by atoms with Crippen LogP contribution in [-0.4, -0.2) is 37.5 Å². The summed E-state index contributed by atoms with van der Waals surface area (Å²) in [7, 11) is 0. The number of aryl methyl sites for hydroxylation is 1. The summed E-state index contributed by atoms with van der Waals surface area (Å²) in [5.74, 6) is -1.48. The fourth-order valence-electron chi connectivity index (χ4n) is 3.17. The minimum atomic E-state index is -0.863. The number of H-pyrrole nitrogens is 1. The van der Waals surface area contributed by atoms with Gasteiger partial charge in [0.25, 0.3) is 5.91 Å². The van der Waals surface area contributed by atoms with Crippen molar-refractivity contribution in [2.45, 2.75) is 19.9 Å². The van der Waals surface area contributed by atoms with Gasteiger partial charge in [0.2, 0.25) is 0 Å². The van der Waals surface area contributed by atoms with Crippen LogP contribution in [0.2, 0.25) is 0 Å². The molecule has 1 aliphatic heterocycles. The molecule has 0 spiro atoms. The molecule has 2 aromatic heterocycles. The van der Waals surface area contributed by atoms with Crippen LogP contribution < -0.4 is 0 Å². The van der Waals surface area contributed by atoms with E-state index in [9.17, 15) is 13.6 Å². The first-order valence-electron chi connectivity index (χ1n) is 8.13. The van der Waals surface area contributed by atoms with E-state index in [2.05, 4.69) is 20.2 Å². The zero-order valence-electron chi connectivity index (χ0n) is 14.0. The molecule has 6 nitrogen and oxygen atoms in total. The van der Waals surface area contributed by atoms with Crippen LogP contribution in [0, 0.1) is 18.6 Å². The zero-order chi connectivity index (χ0) is 18.3. The molecule has 4 rings (SSSR count). The Balaban J connectivity index is 1.67. The Labute approximate surface area is 147 Å². The molecule has 0 aliphatic carbocycles. The highest BCUT2D eigenvalue weighted by atomic mass is 19.1. The van der Waals surface area contributed by atoms with Gasteiger partial charge in [0.05, 0.1) is 29.2 Å². The highest BCUT2D eigenvalue weighted by Gasteiger charge is 2.27. The van der Waals surface area contributed by atoms with Gasteiger partial charge in [-0.15, -0.1) is 0 Å². The smallest absolute Gasteiger partial charge is 0.257 e. The molecule has 0 saturated carbocycles. The molecule has 132 valence electrons. The highest BCUT2D eigenvalue weighted by Crippen LogP contribution is 2.27. The SMILES string of the molecule is Cc1nc2c(c(-c3ccn[nH]3)n1)CCN(C(=O)c1ccc(F)cc1F)C2. The summed E-state index contributed by atoms with van der Waals surface area (Å²) >= 11 is 0. The van der Waals surface area contributed by atoms with Crippen LogP contribution in [0.5, 0.6) is 0 Å². The van der Waals surface area contributed by atoms with Crippen LogP contribution in [0.15, 0.2) is 30.5 Å². The number of amides is 1. The quantitative estimate of drug-likeness (QED) is 0.767. The van der Waals surface area contributed by atoms with Gasteiger partial charge in [0.1, 0.15) is 17.5 Å². The molecule has 0 radical (unpaired) electrons. The molecule has 0 bridgehead atoms. The van der Waals surface area contributed by atoms with E-state index in [1.165, 1.54) is 11.0 Å². The Kier molecular flexibility index (Phi) is 3.95. The Morgan fingerprint density at radius 1 is 1.23 bits per heavy atom. The predicted molar refractivity (Wildman–Crippen MR) is 89.2 cm³/mol. The Hall–Kier alpha value is -3.16. The number of nitrogens with one attached hydrogen (secondary N) is 1. The van der Waals surface area contributed by atoms with Gasteiger partial charge in [-0.1, -0.05) is 0 Å². The van der Waals surface area contributed by atoms with Crippen molar-refractivity contribution in [3.8, 4) is 11.4 Å². The lowest BCUT2D eigenvalue weighted by atomic mass is 10.00. The second-order valence-electron chi connectivity index (χ2n) is 6.12. The number of hydrogen-bond donors (Lipinski definition) is 1. The Morgan fingerprint density at radius 2 is 2.08 bits per heavy atom. The standard InChI is InChI=1S/C18H15F2N5O/c1-10-22-16-9-25(18(26)12-3-2-11(19)8-14(12)20)7-5-13(16)17(23-10)15-4-6-21-24-15/h2-4,6,8H,5,7,9H2,1H3,(H,21,24). The van der Waals surface area contributed by atoms with Crippen molar-refractivity contribution < 1.29 is 13.6 Å². The van der Waals surface area contributed by atoms with Gasteiger partial charge in [-0.05, 0) is 31.5 Å². The lowest BCUT2D eigenvalue weighted by molar-refractivity contribution is 0.0726. The molecule has 0 saturated heterocycles.